The molecule has 9 rings (SSSR count). The molecule has 6 heteroatoms. The van der Waals surface area contributed by atoms with Crippen LogP contribution in [0.2, 0.25) is 0 Å². The Bertz CT molecular complexity index is 3200. The topological polar surface area (TPSA) is 55.8 Å². The third-order valence-corrected chi connectivity index (χ3v) is 17.0. The largest absolute Gasteiger partial charge is 0.494 e. The molecular weight excluding hydrogens is 1080 g/mol. The van der Waals surface area contributed by atoms with Gasteiger partial charge >= 0.3 is 0 Å². The predicted octanol–water partition coefficient (Wildman–Crippen LogP) is 23.1. The maximum Gasteiger partial charge on any atom is 0.119 e. The first-order valence-electron chi connectivity index (χ1n) is 34.6. The molecule has 0 atom stereocenters. The maximum atomic E-state index is 6.51. The van der Waals surface area contributed by atoms with E-state index in [1.54, 1.807) is 7.11 Å². The third-order valence-electron chi connectivity index (χ3n) is 17.0. The highest BCUT2D eigenvalue weighted by molar-refractivity contribution is 6.32. The number of aryl methyl sites for hydroxylation is 3. The Morgan fingerprint density at radius 3 is 1.50 bits per heavy atom. The molecule has 0 radical (unpaired) electrons. The fourth-order valence-electron chi connectivity index (χ4n) is 12.5. The smallest absolute Gasteiger partial charge is 0.119 e. The van der Waals surface area contributed by atoms with Gasteiger partial charge < -0.3 is 19.2 Å². The van der Waals surface area contributed by atoms with Crippen molar-refractivity contribution in [3.8, 4) is 5.75 Å². The fourth-order valence-corrected chi connectivity index (χ4v) is 12.5. The summed E-state index contributed by atoms with van der Waals surface area (Å²) in [5, 5.41) is 0. The molecule has 4 aliphatic rings. The number of fused-ring (bicyclic) bond motifs is 6. The van der Waals surface area contributed by atoms with Crippen LogP contribution in [0.3, 0.4) is 0 Å². The van der Waals surface area contributed by atoms with Gasteiger partial charge in [-0.3, -0.25) is 4.70 Å². The first-order chi connectivity index (χ1) is 43.0. The summed E-state index contributed by atoms with van der Waals surface area (Å²) in [6.07, 6.45) is 46.1. The molecule has 0 unspecified atom stereocenters. The molecular formula is C82H109FN2O3. The van der Waals surface area contributed by atoms with Gasteiger partial charge in [-0.25, -0.2) is 4.99 Å². The second kappa shape index (κ2) is 40.1. The van der Waals surface area contributed by atoms with Crippen LogP contribution >= 0.6 is 0 Å². The quantitative estimate of drug-likeness (QED) is 0.0411. The van der Waals surface area contributed by atoms with Gasteiger partial charge in [-0.2, -0.15) is 0 Å². The van der Waals surface area contributed by atoms with Gasteiger partial charge in [0.25, 0.3) is 0 Å². The van der Waals surface area contributed by atoms with Gasteiger partial charge in [0.05, 0.1) is 18.0 Å². The molecule has 0 amide bonds. The highest BCUT2D eigenvalue weighted by Gasteiger charge is 2.27. The van der Waals surface area contributed by atoms with Gasteiger partial charge in [0.1, 0.15) is 5.75 Å². The van der Waals surface area contributed by atoms with E-state index in [9.17, 15) is 0 Å². The van der Waals surface area contributed by atoms with Crippen LogP contribution in [0.1, 0.15) is 240 Å². The summed E-state index contributed by atoms with van der Waals surface area (Å²) in [5.41, 5.74) is 22.9. The van der Waals surface area contributed by atoms with Gasteiger partial charge in [-0.05, 0) is 186 Å². The molecule has 5 nitrogen and oxygen atoms in total. The summed E-state index contributed by atoms with van der Waals surface area (Å²) in [7, 11) is 1.78. The molecule has 0 saturated heterocycles. The number of unbranched alkanes of at least 4 members (excludes halogenated alkanes) is 16. The van der Waals surface area contributed by atoms with E-state index in [0.717, 1.165) is 130 Å². The number of H-pyrrole nitrogens is 1. The summed E-state index contributed by atoms with van der Waals surface area (Å²) in [6, 6.07) is 41.5. The Kier molecular flexibility index (Phi) is 32.1. The number of halogens is 1. The van der Waals surface area contributed by atoms with E-state index >= 15 is 0 Å². The molecule has 0 fully saturated rings. The van der Waals surface area contributed by atoms with Crippen molar-refractivity contribution in [1.29, 1.82) is 0 Å². The van der Waals surface area contributed by atoms with Crippen LogP contribution in [0.5, 0.6) is 5.75 Å². The van der Waals surface area contributed by atoms with E-state index in [2.05, 4.69) is 177 Å². The van der Waals surface area contributed by atoms with Crippen molar-refractivity contribution < 1.29 is 18.9 Å². The maximum absolute atomic E-state index is 6.51. The summed E-state index contributed by atoms with van der Waals surface area (Å²) in [4.78, 5) is 9.88. The molecule has 2 aliphatic carbocycles. The zero-order chi connectivity index (χ0) is 61.3. The van der Waals surface area contributed by atoms with Crippen LogP contribution in [0.4, 0.5) is 4.70 Å². The average molecular weight is 1190 g/mol. The number of aromatic amines is 1. The SMILES string of the molecule is CC.CC.CCCCCCCCCc1cccc(C2=C3C=CC(=C(c4cccc(OCCCCCOC)c4)C4=CC(=C(c5cccc(CCCCCCCC)c5)c5ccc([nH]5)C(c5cccc(CCCCCOCCCC)c5)=C5C=CC2=N5)C=C4)C3)c1.F. The van der Waals surface area contributed by atoms with Crippen molar-refractivity contribution in [2.24, 2.45) is 4.99 Å². The molecule has 1 N–H and O–H groups in total. The van der Waals surface area contributed by atoms with Gasteiger partial charge in [-0.15, -0.1) is 0 Å². The monoisotopic (exact) mass is 1190 g/mol. The number of rotatable bonds is 35. The highest BCUT2D eigenvalue weighted by atomic mass is 19.0. The molecule has 8 bridgehead atoms. The Hall–Kier alpha value is -6.60. The number of ether oxygens (including phenoxy) is 3. The first-order valence-corrected chi connectivity index (χ1v) is 34.6. The van der Waals surface area contributed by atoms with Gasteiger partial charge in [-0.1, -0.05) is 241 Å². The minimum atomic E-state index is 0. The van der Waals surface area contributed by atoms with Crippen LogP contribution in [0, 0.1) is 0 Å². The molecule has 0 spiro atoms. The second-order valence-corrected chi connectivity index (χ2v) is 23.6. The minimum absolute atomic E-state index is 0. The van der Waals surface area contributed by atoms with E-state index in [-0.39, 0.29) is 4.70 Å². The molecule has 5 aromatic rings. The van der Waals surface area contributed by atoms with Crippen molar-refractivity contribution in [3.05, 3.63) is 230 Å². The molecule has 1 aromatic heterocycles. The summed E-state index contributed by atoms with van der Waals surface area (Å²) in [6.45, 7) is 18.0. The lowest BCUT2D eigenvalue weighted by Gasteiger charge is -2.16. The van der Waals surface area contributed by atoms with E-state index in [0.29, 0.717) is 6.61 Å². The Morgan fingerprint density at radius 2 is 0.898 bits per heavy atom. The van der Waals surface area contributed by atoms with Crippen LogP contribution in [-0.2, 0) is 28.7 Å². The standard InChI is InChI=1S/C78H96N2O3.2C2H6.FH/c1-5-8-11-13-15-17-21-31-60-34-27-37-63(54-60)77-69-44-42-67(57-69)75(65-39-29-40-70(58-65)83-52-25-19-23-49-81-4)66-41-43-68(56-66)76(62-36-26-33-59(53-62)30-20-16-14-12-9-6-2)71-45-47-73(79-71)78(74-48-46-72(77)80-74)64-38-28-35-61(55-64)32-22-18-24-51-82-50-10-7-3;2*1-2;/h26-29,33-48,53-56,58,79H,5-25,30-32,49-52,57H2,1-4H3;2*1-2H3;1H. The third kappa shape index (κ3) is 21.0. The molecule has 0 saturated carbocycles. The number of methoxy groups -OCH3 is 1. The lowest BCUT2D eigenvalue weighted by Crippen LogP contribution is -2.02. The van der Waals surface area contributed by atoms with Crippen molar-refractivity contribution >= 4 is 28.0 Å². The number of hydrogen-bond acceptors (Lipinski definition) is 4. The normalized spacial score (nSPS) is 14.0. The van der Waals surface area contributed by atoms with Gasteiger partial charge in [0, 0.05) is 55.0 Å². The van der Waals surface area contributed by atoms with E-state index in [1.165, 1.54) is 162 Å². The van der Waals surface area contributed by atoms with Crippen LogP contribution < -0.4 is 4.74 Å². The zero-order valence-corrected chi connectivity index (χ0v) is 55.5. The lowest BCUT2D eigenvalue weighted by molar-refractivity contribution is 0.127. The second-order valence-electron chi connectivity index (χ2n) is 23.6. The molecule has 472 valence electrons. The number of aromatic nitrogens is 1. The predicted molar refractivity (Wildman–Crippen MR) is 378 cm³/mol. The summed E-state index contributed by atoms with van der Waals surface area (Å²) >= 11 is 0. The molecule has 2 aliphatic heterocycles. The number of hydrogen-bond donors (Lipinski definition) is 1. The van der Waals surface area contributed by atoms with Crippen LogP contribution in [0.15, 0.2) is 185 Å². The zero-order valence-electron chi connectivity index (χ0n) is 55.5. The fraction of sp³-hybridized carbons (Fsp3) is 0.451. The molecule has 88 heavy (non-hydrogen) atoms. The van der Waals surface area contributed by atoms with Crippen LogP contribution in [-0.4, -0.2) is 44.2 Å². The Labute approximate surface area is 532 Å². The lowest BCUT2D eigenvalue weighted by atomic mass is 9.89. The Balaban J connectivity index is 0.00000242. The number of allylic oxidation sites excluding steroid dienone is 13. The van der Waals surface area contributed by atoms with Gasteiger partial charge in [0.2, 0.25) is 0 Å². The number of aliphatic imine (C=N–C) groups is 1. The van der Waals surface area contributed by atoms with E-state index < -0.39 is 0 Å². The summed E-state index contributed by atoms with van der Waals surface area (Å²) in [5.74, 6) is 0.903. The molecule has 4 aromatic carbocycles. The van der Waals surface area contributed by atoms with Crippen molar-refractivity contribution in [2.75, 3.05) is 33.5 Å². The Morgan fingerprint density at radius 1 is 0.420 bits per heavy atom. The van der Waals surface area contributed by atoms with Gasteiger partial charge in [0.15, 0.2) is 0 Å². The van der Waals surface area contributed by atoms with Crippen molar-refractivity contribution in [2.45, 2.75) is 209 Å². The van der Waals surface area contributed by atoms with Crippen molar-refractivity contribution in [3.63, 3.8) is 0 Å². The average Bonchev–Trinajstić information content (AvgIpc) is 1.79. The van der Waals surface area contributed by atoms with Crippen molar-refractivity contribution in [1.82, 2.24) is 4.98 Å². The number of benzene rings is 4. The number of nitrogens with zero attached hydrogens (tertiary/aromatic N) is 1. The van der Waals surface area contributed by atoms with E-state index in [1.807, 2.05) is 27.7 Å². The van der Waals surface area contributed by atoms with Crippen LogP contribution in [0.25, 0.3) is 22.3 Å². The van der Waals surface area contributed by atoms with E-state index in [4.69, 9.17) is 19.2 Å². The number of nitrogens with one attached hydrogen (secondary N) is 1. The highest BCUT2D eigenvalue weighted by Crippen LogP contribution is 2.44. The first kappa shape index (κ1) is 70.5. The minimum Gasteiger partial charge on any atom is -0.494 e. The molecule has 3 heterocycles. The summed E-state index contributed by atoms with van der Waals surface area (Å²) < 4.78 is 17.8.